The lowest BCUT2D eigenvalue weighted by atomic mass is 10.1. The molecule has 1 aliphatic carbocycles. The molecular formula is C7H9F2NO2. The van der Waals surface area contributed by atoms with E-state index in [9.17, 15) is 13.6 Å². The third kappa shape index (κ3) is 0.576. The molecule has 0 amide bonds. The van der Waals surface area contributed by atoms with Gasteiger partial charge in [0.2, 0.25) is 0 Å². The SMILES string of the molecule is COC(=O)[C@]12CNC[C@H]1C2(F)F. The second-order valence-electron chi connectivity index (χ2n) is 3.27. The molecule has 5 heteroatoms. The lowest BCUT2D eigenvalue weighted by Crippen LogP contribution is -2.32. The van der Waals surface area contributed by atoms with Gasteiger partial charge in [0.25, 0.3) is 5.92 Å². The third-order valence-electron chi connectivity index (χ3n) is 2.85. The average molecular weight is 177 g/mol. The fourth-order valence-electron chi connectivity index (χ4n) is 2.02. The van der Waals surface area contributed by atoms with Crippen molar-refractivity contribution < 1.29 is 18.3 Å². The molecule has 0 aromatic heterocycles. The predicted molar refractivity (Wildman–Crippen MR) is 35.8 cm³/mol. The summed E-state index contributed by atoms with van der Waals surface area (Å²) in [5.74, 6) is -4.49. The maximum absolute atomic E-state index is 13.0. The summed E-state index contributed by atoms with van der Waals surface area (Å²) in [6, 6.07) is 0. The summed E-state index contributed by atoms with van der Waals surface area (Å²) in [6.45, 7) is 0.249. The summed E-state index contributed by atoms with van der Waals surface area (Å²) in [6.07, 6.45) is 0. The Bertz CT molecular complexity index is 244. The van der Waals surface area contributed by atoms with Crippen molar-refractivity contribution in [3.8, 4) is 0 Å². The molecule has 0 bridgehead atoms. The van der Waals surface area contributed by atoms with Gasteiger partial charge in [-0.1, -0.05) is 0 Å². The largest absolute Gasteiger partial charge is 0.468 e. The molecule has 0 unspecified atom stereocenters. The van der Waals surface area contributed by atoms with Crippen LogP contribution in [0.2, 0.25) is 0 Å². The van der Waals surface area contributed by atoms with Gasteiger partial charge in [-0.3, -0.25) is 4.79 Å². The van der Waals surface area contributed by atoms with E-state index in [-0.39, 0.29) is 13.1 Å². The minimum atomic E-state index is -2.86. The number of esters is 1. The molecule has 1 saturated heterocycles. The first-order valence-electron chi connectivity index (χ1n) is 3.74. The van der Waals surface area contributed by atoms with Gasteiger partial charge < -0.3 is 10.1 Å². The minimum Gasteiger partial charge on any atom is -0.468 e. The number of hydrogen-bond donors (Lipinski definition) is 1. The molecule has 0 spiro atoms. The Hall–Kier alpha value is -0.710. The molecule has 1 heterocycles. The molecule has 1 saturated carbocycles. The van der Waals surface area contributed by atoms with Gasteiger partial charge in [-0.2, -0.15) is 0 Å². The van der Waals surface area contributed by atoms with Crippen LogP contribution >= 0.6 is 0 Å². The van der Waals surface area contributed by atoms with Crippen molar-refractivity contribution in [1.82, 2.24) is 5.32 Å². The molecule has 2 fully saturated rings. The Kier molecular flexibility index (Phi) is 1.29. The van der Waals surface area contributed by atoms with Crippen molar-refractivity contribution in [2.24, 2.45) is 11.3 Å². The number of piperidine rings is 1. The standard InChI is InChI=1S/C7H9F2NO2/c1-12-5(11)6-3-10-2-4(6)7(6,8)9/h4,10H,2-3H2,1H3/t4-,6+/m1/s1. The number of halogens is 2. The Morgan fingerprint density at radius 3 is 2.75 bits per heavy atom. The molecule has 68 valence electrons. The zero-order chi connectivity index (χ0) is 8.98. The highest BCUT2D eigenvalue weighted by Gasteiger charge is 2.87. The van der Waals surface area contributed by atoms with Crippen molar-refractivity contribution in [2.75, 3.05) is 20.2 Å². The van der Waals surface area contributed by atoms with Gasteiger partial charge in [0.1, 0.15) is 0 Å². The maximum atomic E-state index is 13.0. The minimum absolute atomic E-state index is 0.0390. The number of hydrogen-bond acceptors (Lipinski definition) is 3. The molecule has 2 rings (SSSR count). The van der Waals surface area contributed by atoms with Gasteiger partial charge in [0, 0.05) is 13.1 Å². The van der Waals surface area contributed by atoms with Crippen LogP contribution in [-0.4, -0.2) is 32.1 Å². The van der Waals surface area contributed by atoms with Crippen molar-refractivity contribution in [3.63, 3.8) is 0 Å². The Morgan fingerprint density at radius 2 is 2.33 bits per heavy atom. The number of methoxy groups -OCH3 is 1. The number of fused-ring (bicyclic) bond motifs is 1. The Morgan fingerprint density at radius 1 is 1.67 bits per heavy atom. The summed E-state index contributed by atoms with van der Waals surface area (Å²) in [5, 5.41) is 2.75. The van der Waals surface area contributed by atoms with Crippen LogP contribution in [0.3, 0.4) is 0 Å². The Labute approximate surface area is 68.1 Å². The lowest BCUT2D eigenvalue weighted by Gasteiger charge is -2.10. The van der Waals surface area contributed by atoms with Crippen molar-refractivity contribution in [2.45, 2.75) is 5.92 Å². The summed E-state index contributed by atoms with van der Waals surface area (Å²) in [5.41, 5.74) is -1.54. The van der Waals surface area contributed by atoms with E-state index in [1.54, 1.807) is 0 Å². The molecule has 2 atom stereocenters. The zero-order valence-electron chi connectivity index (χ0n) is 6.56. The summed E-state index contributed by atoms with van der Waals surface area (Å²) < 4.78 is 30.3. The topological polar surface area (TPSA) is 38.3 Å². The first kappa shape index (κ1) is 7.91. The normalized spacial score (nSPS) is 42.1. The molecule has 1 aliphatic heterocycles. The fourth-order valence-corrected chi connectivity index (χ4v) is 2.02. The average Bonchev–Trinajstić information content (AvgIpc) is 2.48. The molecular weight excluding hydrogens is 168 g/mol. The van der Waals surface area contributed by atoms with Gasteiger partial charge in [-0.15, -0.1) is 0 Å². The highest BCUT2D eigenvalue weighted by Crippen LogP contribution is 2.68. The van der Waals surface area contributed by atoms with Crippen molar-refractivity contribution in [3.05, 3.63) is 0 Å². The van der Waals surface area contributed by atoms with E-state index >= 15 is 0 Å². The van der Waals surface area contributed by atoms with E-state index in [0.717, 1.165) is 7.11 Å². The molecule has 0 aromatic rings. The van der Waals surface area contributed by atoms with Crippen LogP contribution in [0.25, 0.3) is 0 Å². The van der Waals surface area contributed by atoms with Crippen molar-refractivity contribution in [1.29, 1.82) is 0 Å². The Balaban J connectivity index is 2.27. The molecule has 12 heavy (non-hydrogen) atoms. The van der Waals surface area contributed by atoms with Crippen LogP contribution in [-0.2, 0) is 9.53 Å². The smallest absolute Gasteiger partial charge is 0.319 e. The van der Waals surface area contributed by atoms with Gasteiger partial charge in [0.05, 0.1) is 13.0 Å². The van der Waals surface area contributed by atoms with Gasteiger partial charge in [-0.25, -0.2) is 8.78 Å². The molecule has 1 N–H and O–H groups in total. The van der Waals surface area contributed by atoms with Crippen LogP contribution < -0.4 is 5.32 Å². The third-order valence-corrected chi connectivity index (χ3v) is 2.85. The second kappa shape index (κ2) is 1.96. The summed E-state index contributed by atoms with van der Waals surface area (Å²) in [7, 11) is 1.14. The summed E-state index contributed by atoms with van der Waals surface area (Å²) in [4.78, 5) is 11.1. The highest BCUT2D eigenvalue weighted by atomic mass is 19.3. The molecule has 0 aromatic carbocycles. The highest BCUT2D eigenvalue weighted by molar-refractivity contribution is 5.84. The zero-order valence-corrected chi connectivity index (χ0v) is 6.56. The number of ether oxygens (including phenoxy) is 1. The second-order valence-corrected chi connectivity index (χ2v) is 3.27. The number of alkyl halides is 2. The van der Waals surface area contributed by atoms with Gasteiger partial charge >= 0.3 is 5.97 Å². The van der Waals surface area contributed by atoms with Gasteiger partial charge in [0.15, 0.2) is 5.41 Å². The van der Waals surface area contributed by atoms with Crippen LogP contribution in [0.4, 0.5) is 8.78 Å². The van der Waals surface area contributed by atoms with Crippen LogP contribution in [0.5, 0.6) is 0 Å². The number of carbonyl (C=O) groups excluding carboxylic acids is 1. The van der Waals surface area contributed by atoms with Crippen LogP contribution in [0.1, 0.15) is 0 Å². The first-order chi connectivity index (χ1) is 5.57. The van der Waals surface area contributed by atoms with E-state index in [0.29, 0.717) is 0 Å². The predicted octanol–water partition coefficient (Wildman–Crippen LogP) is 0.0141. The number of rotatable bonds is 1. The van der Waals surface area contributed by atoms with E-state index in [4.69, 9.17) is 0 Å². The fraction of sp³-hybridized carbons (Fsp3) is 0.857. The van der Waals surface area contributed by atoms with Crippen molar-refractivity contribution >= 4 is 5.97 Å². The number of carbonyl (C=O) groups is 1. The molecule has 0 radical (unpaired) electrons. The molecule has 2 aliphatic rings. The maximum Gasteiger partial charge on any atom is 0.319 e. The van der Waals surface area contributed by atoms with E-state index in [1.165, 1.54) is 0 Å². The van der Waals surface area contributed by atoms with Gasteiger partial charge in [-0.05, 0) is 0 Å². The summed E-state index contributed by atoms with van der Waals surface area (Å²) >= 11 is 0. The van der Waals surface area contributed by atoms with E-state index in [2.05, 4.69) is 10.1 Å². The number of nitrogens with one attached hydrogen (secondary N) is 1. The molecule has 3 nitrogen and oxygen atoms in total. The monoisotopic (exact) mass is 177 g/mol. The van der Waals surface area contributed by atoms with E-state index in [1.807, 2.05) is 0 Å². The first-order valence-corrected chi connectivity index (χ1v) is 3.74. The van der Waals surface area contributed by atoms with E-state index < -0.39 is 23.2 Å². The lowest BCUT2D eigenvalue weighted by molar-refractivity contribution is -0.150. The van der Waals surface area contributed by atoms with Crippen LogP contribution in [0, 0.1) is 11.3 Å². The van der Waals surface area contributed by atoms with Crippen LogP contribution in [0.15, 0.2) is 0 Å². The quantitative estimate of drug-likeness (QED) is 0.573.